The lowest BCUT2D eigenvalue weighted by molar-refractivity contribution is -0.122. The molecule has 2 aromatic carbocycles. The Balaban J connectivity index is 1.65. The monoisotopic (exact) mass is 308 g/mol. The van der Waals surface area contributed by atoms with Crippen molar-refractivity contribution < 1.29 is 4.79 Å². The molecule has 1 aliphatic carbocycles. The highest BCUT2D eigenvalue weighted by atomic mass is 16.2. The van der Waals surface area contributed by atoms with Crippen LogP contribution in [0.1, 0.15) is 42.5 Å². The van der Waals surface area contributed by atoms with Crippen molar-refractivity contribution in [1.29, 1.82) is 0 Å². The highest BCUT2D eigenvalue weighted by molar-refractivity contribution is 5.84. The predicted molar refractivity (Wildman–Crippen MR) is 94.5 cm³/mol. The molecule has 23 heavy (non-hydrogen) atoms. The molecule has 1 amide bonds. The van der Waals surface area contributed by atoms with Crippen LogP contribution in [0.3, 0.4) is 0 Å². The quantitative estimate of drug-likeness (QED) is 0.896. The van der Waals surface area contributed by atoms with Crippen LogP contribution in [-0.2, 0) is 11.2 Å². The summed E-state index contributed by atoms with van der Waals surface area (Å²) in [5.74, 6) is 0.0493. The van der Waals surface area contributed by atoms with E-state index in [0.717, 1.165) is 24.9 Å². The predicted octanol–water partition coefficient (Wildman–Crippen LogP) is 3.99. The maximum Gasteiger partial charge on any atom is 0.242 e. The van der Waals surface area contributed by atoms with Gasteiger partial charge < -0.3 is 10.6 Å². The molecular weight excluding hydrogens is 284 g/mol. The molecule has 0 aliphatic heterocycles. The third-order valence-electron chi connectivity index (χ3n) is 4.48. The van der Waals surface area contributed by atoms with Gasteiger partial charge in [0, 0.05) is 5.69 Å². The number of anilines is 1. The number of rotatable bonds is 4. The van der Waals surface area contributed by atoms with Crippen LogP contribution < -0.4 is 10.6 Å². The zero-order chi connectivity index (χ0) is 16.2. The fourth-order valence-corrected chi connectivity index (χ4v) is 3.25. The van der Waals surface area contributed by atoms with E-state index in [-0.39, 0.29) is 18.0 Å². The molecule has 1 aliphatic rings. The van der Waals surface area contributed by atoms with E-state index in [4.69, 9.17) is 0 Å². The first-order chi connectivity index (χ1) is 11.1. The molecule has 0 heterocycles. The molecule has 0 saturated heterocycles. The standard InChI is InChI=1S/C20H24N2O/c1-14-7-5-10-17(13-14)21-15(2)20(23)22-19-12-6-9-16-8-3-4-11-18(16)19/h3-5,7-8,10-11,13,15,19,21H,6,9,12H2,1-2H3,(H,22,23)/t15-,19+/m1/s1. The lowest BCUT2D eigenvalue weighted by Gasteiger charge is -2.28. The van der Waals surface area contributed by atoms with Gasteiger partial charge in [-0.2, -0.15) is 0 Å². The number of aryl methyl sites for hydroxylation is 2. The van der Waals surface area contributed by atoms with Gasteiger partial charge in [-0.25, -0.2) is 0 Å². The van der Waals surface area contributed by atoms with Gasteiger partial charge >= 0.3 is 0 Å². The Labute approximate surface area is 138 Å². The number of carbonyl (C=O) groups excluding carboxylic acids is 1. The molecule has 2 aromatic rings. The Bertz CT molecular complexity index is 696. The summed E-state index contributed by atoms with van der Waals surface area (Å²) < 4.78 is 0. The minimum absolute atomic E-state index is 0.0493. The Kier molecular flexibility index (Phi) is 4.65. The first-order valence-electron chi connectivity index (χ1n) is 8.35. The summed E-state index contributed by atoms with van der Waals surface area (Å²) in [6.07, 6.45) is 3.25. The first kappa shape index (κ1) is 15.6. The number of hydrogen-bond donors (Lipinski definition) is 2. The maximum absolute atomic E-state index is 12.5. The van der Waals surface area contributed by atoms with Gasteiger partial charge in [0.2, 0.25) is 5.91 Å². The zero-order valence-corrected chi connectivity index (χ0v) is 13.8. The average molecular weight is 308 g/mol. The van der Waals surface area contributed by atoms with Crippen molar-refractivity contribution in [3.05, 3.63) is 65.2 Å². The molecule has 2 atom stereocenters. The van der Waals surface area contributed by atoms with Gasteiger partial charge in [-0.3, -0.25) is 4.79 Å². The van der Waals surface area contributed by atoms with Crippen molar-refractivity contribution >= 4 is 11.6 Å². The van der Waals surface area contributed by atoms with Gasteiger partial charge in [0.05, 0.1) is 6.04 Å². The fraction of sp³-hybridized carbons (Fsp3) is 0.350. The van der Waals surface area contributed by atoms with E-state index < -0.39 is 0 Å². The second-order valence-corrected chi connectivity index (χ2v) is 6.39. The minimum Gasteiger partial charge on any atom is -0.374 e. The number of nitrogens with one attached hydrogen (secondary N) is 2. The molecule has 0 saturated carbocycles. The fourth-order valence-electron chi connectivity index (χ4n) is 3.25. The van der Waals surface area contributed by atoms with Crippen LogP contribution in [0.4, 0.5) is 5.69 Å². The van der Waals surface area contributed by atoms with Gasteiger partial charge in [0.1, 0.15) is 6.04 Å². The molecule has 0 radical (unpaired) electrons. The molecule has 3 heteroatoms. The highest BCUT2D eigenvalue weighted by Gasteiger charge is 2.23. The number of hydrogen-bond acceptors (Lipinski definition) is 2. The van der Waals surface area contributed by atoms with Gasteiger partial charge in [0.15, 0.2) is 0 Å². The van der Waals surface area contributed by atoms with Crippen molar-refractivity contribution in [2.45, 2.75) is 45.2 Å². The van der Waals surface area contributed by atoms with Crippen LogP contribution in [0.5, 0.6) is 0 Å². The smallest absolute Gasteiger partial charge is 0.242 e. The molecule has 0 bridgehead atoms. The lowest BCUT2D eigenvalue weighted by Crippen LogP contribution is -2.40. The molecule has 2 N–H and O–H groups in total. The Morgan fingerprint density at radius 2 is 2.00 bits per heavy atom. The Morgan fingerprint density at radius 1 is 1.17 bits per heavy atom. The van der Waals surface area contributed by atoms with Crippen LogP contribution >= 0.6 is 0 Å². The Morgan fingerprint density at radius 3 is 2.83 bits per heavy atom. The Hall–Kier alpha value is -2.29. The normalized spacial score (nSPS) is 17.9. The number of benzene rings is 2. The lowest BCUT2D eigenvalue weighted by atomic mass is 9.87. The summed E-state index contributed by atoms with van der Waals surface area (Å²) in [6, 6.07) is 16.4. The summed E-state index contributed by atoms with van der Waals surface area (Å²) in [6.45, 7) is 3.96. The first-order valence-corrected chi connectivity index (χ1v) is 8.35. The number of amides is 1. The van der Waals surface area contributed by atoms with Crippen molar-refractivity contribution in [1.82, 2.24) is 5.32 Å². The van der Waals surface area contributed by atoms with Gasteiger partial charge in [-0.1, -0.05) is 36.4 Å². The van der Waals surface area contributed by atoms with Crippen molar-refractivity contribution in [2.75, 3.05) is 5.32 Å². The molecule has 0 unspecified atom stereocenters. The van der Waals surface area contributed by atoms with E-state index in [0.29, 0.717) is 0 Å². The number of carbonyl (C=O) groups is 1. The van der Waals surface area contributed by atoms with Gasteiger partial charge in [-0.15, -0.1) is 0 Å². The van der Waals surface area contributed by atoms with E-state index >= 15 is 0 Å². The molecule has 120 valence electrons. The van der Waals surface area contributed by atoms with Crippen LogP contribution in [0.25, 0.3) is 0 Å². The van der Waals surface area contributed by atoms with E-state index in [1.165, 1.54) is 16.7 Å². The SMILES string of the molecule is Cc1cccc(N[C@H](C)C(=O)N[C@H]2CCCc3ccccc32)c1. The van der Waals surface area contributed by atoms with Crippen LogP contribution in [0.2, 0.25) is 0 Å². The van der Waals surface area contributed by atoms with E-state index in [9.17, 15) is 4.79 Å². The molecule has 3 rings (SSSR count). The number of fused-ring (bicyclic) bond motifs is 1. The van der Waals surface area contributed by atoms with Crippen LogP contribution in [-0.4, -0.2) is 11.9 Å². The molecular formula is C20H24N2O. The second-order valence-electron chi connectivity index (χ2n) is 6.39. The van der Waals surface area contributed by atoms with E-state index in [1.54, 1.807) is 0 Å². The topological polar surface area (TPSA) is 41.1 Å². The summed E-state index contributed by atoms with van der Waals surface area (Å²) in [7, 11) is 0. The van der Waals surface area contributed by atoms with Gasteiger partial charge in [-0.05, 0) is 61.9 Å². The summed E-state index contributed by atoms with van der Waals surface area (Å²) >= 11 is 0. The maximum atomic E-state index is 12.5. The van der Waals surface area contributed by atoms with Crippen molar-refractivity contribution in [3.63, 3.8) is 0 Å². The summed E-state index contributed by atoms with van der Waals surface area (Å²) in [4.78, 5) is 12.5. The third-order valence-corrected chi connectivity index (χ3v) is 4.48. The van der Waals surface area contributed by atoms with Crippen molar-refractivity contribution in [2.24, 2.45) is 0 Å². The van der Waals surface area contributed by atoms with E-state index in [1.807, 2.05) is 19.1 Å². The minimum atomic E-state index is -0.258. The van der Waals surface area contributed by atoms with Gasteiger partial charge in [0.25, 0.3) is 0 Å². The largest absolute Gasteiger partial charge is 0.374 e. The molecule has 0 aromatic heterocycles. The second kappa shape index (κ2) is 6.86. The molecule has 0 spiro atoms. The summed E-state index contributed by atoms with van der Waals surface area (Å²) in [5.41, 5.74) is 4.80. The van der Waals surface area contributed by atoms with Crippen LogP contribution in [0, 0.1) is 6.92 Å². The van der Waals surface area contributed by atoms with Crippen LogP contribution in [0.15, 0.2) is 48.5 Å². The van der Waals surface area contributed by atoms with E-state index in [2.05, 4.69) is 54.0 Å². The van der Waals surface area contributed by atoms with Crippen molar-refractivity contribution in [3.8, 4) is 0 Å². The zero-order valence-electron chi connectivity index (χ0n) is 13.8. The summed E-state index contributed by atoms with van der Waals surface area (Å²) in [5, 5.41) is 6.49. The average Bonchev–Trinajstić information content (AvgIpc) is 2.55. The molecule has 0 fully saturated rings. The molecule has 3 nitrogen and oxygen atoms in total. The third kappa shape index (κ3) is 3.73. The highest BCUT2D eigenvalue weighted by Crippen LogP contribution is 2.29.